The molecule has 5 heteroatoms. The second-order valence-corrected chi connectivity index (χ2v) is 5.67. The molecule has 1 atom stereocenters. The van der Waals surface area contributed by atoms with Gasteiger partial charge in [-0.3, -0.25) is 14.4 Å². The zero-order valence-electron chi connectivity index (χ0n) is 12.7. The van der Waals surface area contributed by atoms with Gasteiger partial charge in [-0.05, 0) is 31.6 Å². The van der Waals surface area contributed by atoms with Crippen molar-refractivity contribution in [1.29, 1.82) is 0 Å². The van der Waals surface area contributed by atoms with Gasteiger partial charge in [-0.25, -0.2) is 0 Å². The fraction of sp³-hybridized carbons (Fsp3) is 0.800. The topological polar surface area (TPSA) is 63.7 Å². The van der Waals surface area contributed by atoms with Crippen LogP contribution in [0.1, 0.15) is 46.5 Å². The molecule has 0 aromatic carbocycles. The van der Waals surface area contributed by atoms with E-state index in [4.69, 9.17) is 4.74 Å². The van der Waals surface area contributed by atoms with Crippen molar-refractivity contribution in [3.8, 4) is 0 Å². The molecular formula is C15H25NO4. The van der Waals surface area contributed by atoms with E-state index in [-0.39, 0.29) is 31.3 Å². The van der Waals surface area contributed by atoms with Gasteiger partial charge in [0.05, 0.1) is 13.2 Å². The van der Waals surface area contributed by atoms with Crippen LogP contribution in [-0.2, 0) is 19.1 Å². The molecule has 0 radical (unpaired) electrons. The maximum Gasteiger partial charge on any atom is 0.313 e. The van der Waals surface area contributed by atoms with E-state index in [1.807, 2.05) is 0 Å². The Morgan fingerprint density at radius 3 is 2.65 bits per heavy atom. The van der Waals surface area contributed by atoms with Crippen molar-refractivity contribution in [2.75, 3.05) is 19.7 Å². The minimum absolute atomic E-state index is 0.0189. The van der Waals surface area contributed by atoms with Gasteiger partial charge in [0.1, 0.15) is 6.42 Å². The quantitative estimate of drug-likeness (QED) is 0.551. The van der Waals surface area contributed by atoms with Gasteiger partial charge in [0, 0.05) is 13.0 Å². The highest BCUT2D eigenvalue weighted by Crippen LogP contribution is 2.25. The molecule has 0 aromatic rings. The van der Waals surface area contributed by atoms with Crippen LogP contribution in [0.3, 0.4) is 0 Å². The van der Waals surface area contributed by atoms with Crippen LogP contribution in [0.4, 0.5) is 0 Å². The molecule has 1 heterocycles. The predicted octanol–water partition coefficient (Wildman–Crippen LogP) is 1.79. The van der Waals surface area contributed by atoms with E-state index in [1.165, 1.54) is 0 Å². The van der Waals surface area contributed by atoms with E-state index in [9.17, 15) is 14.4 Å². The minimum atomic E-state index is -0.514. The van der Waals surface area contributed by atoms with Crippen LogP contribution in [0.2, 0.25) is 0 Å². The van der Waals surface area contributed by atoms with Crippen molar-refractivity contribution in [2.24, 2.45) is 11.8 Å². The first-order valence-electron chi connectivity index (χ1n) is 7.39. The fourth-order valence-corrected chi connectivity index (χ4v) is 2.53. The molecule has 5 nitrogen and oxygen atoms in total. The van der Waals surface area contributed by atoms with Crippen LogP contribution in [-0.4, -0.2) is 42.3 Å². The van der Waals surface area contributed by atoms with Gasteiger partial charge in [0.2, 0.25) is 5.91 Å². The number of amides is 1. The summed E-state index contributed by atoms with van der Waals surface area (Å²) in [6.07, 6.45) is 2.07. The highest BCUT2D eigenvalue weighted by molar-refractivity contribution is 5.98. The first-order chi connectivity index (χ1) is 9.43. The number of rotatable bonds is 6. The normalized spacial score (nSPS) is 19.9. The molecular weight excluding hydrogens is 258 g/mol. The molecule has 0 aromatic heterocycles. The number of ketones is 1. The predicted molar refractivity (Wildman–Crippen MR) is 75.0 cm³/mol. The van der Waals surface area contributed by atoms with Crippen molar-refractivity contribution in [3.63, 3.8) is 0 Å². The van der Waals surface area contributed by atoms with Gasteiger partial charge in [0.25, 0.3) is 0 Å². The maximum absolute atomic E-state index is 12.0. The summed E-state index contributed by atoms with van der Waals surface area (Å²) in [5.74, 6) is 0.340. The van der Waals surface area contributed by atoms with Crippen LogP contribution in [0.5, 0.6) is 0 Å². The summed E-state index contributed by atoms with van der Waals surface area (Å²) >= 11 is 0. The second kappa shape index (κ2) is 8.02. The fourth-order valence-electron chi connectivity index (χ4n) is 2.53. The van der Waals surface area contributed by atoms with Crippen molar-refractivity contribution in [3.05, 3.63) is 0 Å². The lowest BCUT2D eigenvalue weighted by Gasteiger charge is -2.21. The average Bonchev–Trinajstić information content (AvgIpc) is 2.53. The Hall–Kier alpha value is -1.39. The summed E-state index contributed by atoms with van der Waals surface area (Å²) < 4.78 is 4.74. The minimum Gasteiger partial charge on any atom is -0.466 e. The first kappa shape index (κ1) is 16.7. The van der Waals surface area contributed by atoms with Gasteiger partial charge in [-0.2, -0.15) is 0 Å². The summed E-state index contributed by atoms with van der Waals surface area (Å²) in [6, 6.07) is 0. The van der Waals surface area contributed by atoms with Crippen molar-refractivity contribution < 1.29 is 19.1 Å². The summed E-state index contributed by atoms with van der Waals surface area (Å²) in [7, 11) is 0. The number of ether oxygens (including phenoxy) is 1. The second-order valence-electron chi connectivity index (χ2n) is 5.67. The number of likely N-dealkylation sites (tertiary alicyclic amines) is 1. The van der Waals surface area contributed by atoms with E-state index < -0.39 is 5.97 Å². The molecule has 0 bridgehead atoms. The highest BCUT2D eigenvalue weighted by Gasteiger charge is 2.26. The summed E-state index contributed by atoms with van der Waals surface area (Å²) in [4.78, 5) is 36.6. The third kappa shape index (κ3) is 5.31. The summed E-state index contributed by atoms with van der Waals surface area (Å²) in [6.45, 7) is 6.93. The van der Waals surface area contributed by atoms with E-state index >= 15 is 0 Å². The first-order valence-corrected chi connectivity index (χ1v) is 7.39. The zero-order valence-corrected chi connectivity index (χ0v) is 12.7. The van der Waals surface area contributed by atoms with E-state index in [2.05, 4.69) is 13.8 Å². The maximum atomic E-state index is 12.0. The standard InChI is InChI=1S/C15H25NO4/c1-4-20-15(19)9-13(17)10-16-8-7-12(11(2)3)5-6-14(16)18/h11-12H,4-10H2,1-3H3. The molecule has 114 valence electrons. The van der Waals surface area contributed by atoms with E-state index in [1.54, 1.807) is 11.8 Å². The molecule has 0 spiro atoms. The lowest BCUT2D eigenvalue weighted by atomic mass is 9.89. The molecule has 1 rings (SSSR count). The Bertz CT molecular complexity index is 365. The lowest BCUT2D eigenvalue weighted by Crippen LogP contribution is -2.36. The van der Waals surface area contributed by atoms with Gasteiger partial charge >= 0.3 is 5.97 Å². The average molecular weight is 283 g/mol. The number of esters is 1. The largest absolute Gasteiger partial charge is 0.466 e. The SMILES string of the molecule is CCOC(=O)CC(=O)CN1CCC(C(C)C)CCC1=O. The Labute approximate surface area is 120 Å². The van der Waals surface area contributed by atoms with E-state index in [0.717, 1.165) is 12.8 Å². The number of hydrogen-bond donors (Lipinski definition) is 0. The Morgan fingerprint density at radius 2 is 2.05 bits per heavy atom. The summed E-state index contributed by atoms with van der Waals surface area (Å²) in [5, 5.41) is 0. The van der Waals surface area contributed by atoms with Crippen LogP contribution < -0.4 is 0 Å². The van der Waals surface area contributed by atoms with Crippen molar-refractivity contribution in [2.45, 2.75) is 46.5 Å². The molecule has 1 saturated heterocycles. The highest BCUT2D eigenvalue weighted by atomic mass is 16.5. The summed E-state index contributed by atoms with van der Waals surface area (Å²) in [5.41, 5.74) is 0. The van der Waals surface area contributed by atoms with Gasteiger partial charge < -0.3 is 9.64 Å². The number of Topliss-reactive ketones (excluding diaryl/α,β-unsaturated/α-hetero) is 1. The number of hydrogen-bond acceptors (Lipinski definition) is 4. The molecule has 1 aliphatic rings. The van der Waals surface area contributed by atoms with Gasteiger partial charge in [0.15, 0.2) is 5.78 Å². The van der Waals surface area contributed by atoms with Gasteiger partial charge in [-0.15, -0.1) is 0 Å². The molecule has 0 N–H and O–H groups in total. The van der Waals surface area contributed by atoms with Crippen molar-refractivity contribution >= 4 is 17.7 Å². The van der Waals surface area contributed by atoms with Crippen molar-refractivity contribution in [1.82, 2.24) is 4.90 Å². The number of carbonyl (C=O) groups excluding carboxylic acids is 3. The number of nitrogens with zero attached hydrogens (tertiary/aromatic N) is 1. The van der Waals surface area contributed by atoms with Crippen LogP contribution in [0.25, 0.3) is 0 Å². The zero-order chi connectivity index (χ0) is 15.1. The molecule has 1 amide bonds. The Kier molecular flexibility index (Phi) is 6.68. The number of carbonyl (C=O) groups is 3. The molecule has 0 saturated carbocycles. The van der Waals surface area contributed by atoms with Crippen LogP contribution >= 0.6 is 0 Å². The molecule has 1 aliphatic heterocycles. The Balaban J connectivity index is 2.48. The smallest absolute Gasteiger partial charge is 0.313 e. The van der Waals surface area contributed by atoms with E-state index in [0.29, 0.717) is 24.8 Å². The van der Waals surface area contributed by atoms with Crippen LogP contribution in [0, 0.1) is 11.8 Å². The monoisotopic (exact) mass is 283 g/mol. The Morgan fingerprint density at radius 1 is 1.35 bits per heavy atom. The third-order valence-corrected chi connectivity index (χ3v) is 3.81. The molecule has 1 unspecified atom stereocenters. The van der Waals surface area contributed by atoms with Gasteiger partial charge in [-0.1, -0.05) is 13.8 Å². The lowest BCUT2D eigenvalue weighted by molar-refractivity contribution is -0.147. The third-order valence-electron chi connectivity index (χ3n) is 3.81. The molecule has 20 heavy (non-hydrogen) atoms. The molecule has 1 fully saturated rings. The van der Waals surface area contributed by atoms with Crippen LogP contribution in [0.15, 0.2) is 0 Å². The molecule has 0 aliphatic carbocycles.